The number of nitrogens with zero attached hydrogens (tertiary/aromatic N) is 1. The van der Waals surface area contributed by atoms with Crippen molar-refractivity contribution in [1.82, 2.24) is 10.2 Å². The van der Waals surface area contributed by atoms with Crippen LogP contribution < -0.4 is 5.32 Å². The molecule has 4 aliphatic rings. The molecule has 4 unspecified atom stereocenters. The van der Waals surface area contributed by atoms with Crippen LogP contribution >= 0.6 is 0 Å². The van der Waals surface area contributed by atoms with Crippen molar-refractivity contribution in [2.24, 2.45) is 11.8 Å². The fraction of sp³-hybridized carbons (Fsp3) is 0.679. The predicted molar refractivity (Wildman–Crippen MR) is 137 cm³/mol. The van der Waals surface area contributed by atoms with Crippen LogP contribution in [0.5, 0.6) is 0 Å². The fourth-order valence-corrected chi connectivity index (χ4v) is 6.23. The molecule has 4 saturated heterocycles. The Kier molecular flexibility index (Phi) is 8.34. The predicted octanol–water partition coefficient (Wildman–Crippen LogP) is 2.68. The first-order chi connectivity index (χ1) is 17.9. The molecule has 38 heavy (non-hydrogen) atoms. The minimum Gasteiger partial charge on any atom is -0.468 e. The van der Waals surface area contributed by atoms with E-state index in [1.54, 1.807) is 0 Å². The molecule has 0 saturated carbocycles. The third-order valence-electron chi connectivity index (χ3n) is 7.77. The average molecular weight is 533 g/mol. The molecule has 1 aromatic carbocycles. The molecule has 4 aliphatic heterocycles. The van der Waals surface area contributed by atoms with E-state index in [2.05, 4.69) is 19.2 Å². The number of benzene rings is 1. The summed E-state index contributed by atoms with van der Waals surface area (Å²) in [7, 11) is 2.77. The maximum atomic E-state index is 12.5. The molecule has 6 atom stereocenters. The highest BCUT2D eigenvalue weighted by molar-refractivity contribution is 5.83. The van der Waals surface area contributed by atoms with Gasteiger partial charge in [0.2, 0.25) is 0 Å². The summed E-state index contributed by atoms with van der Waals surface area (Å²) >= 11 is 0. The van der Waals surface area contributed by atoms with Crippen molar-refractivity contribution in [2.75, 3.05) is 27.3 Å². The third kappa shape index (κ3) is 6.13. The lowest BCUT2D eigenvalue weighted by atomic mass is 9.90. The first-order valence-corrected chi connectivity index (χ1v) is 13.2. The van der Waals surface area contributed by atoms with Crippen molar-refractivity contribution in [3.05, 3.63) is 35.9 Å². The Morgan fingerprint density at radius 2 is 1.53 bits per heavy atom. The summed E-state index contributed by atoms with van der Waals surface area (Å²) in [4.78, 5) is 37.6. The van der Waals surface area contributed by atoms with Crippen LogP contribution in [0.2, 0.25) is 0 Å². The smallest absolute Gasteiger partial charge is 0.410 e. The minimum atomic E-state index is -0.648. The van der Waals surface area contributed by atoms with E-state index >= 15 is 0 Å². The van der Waals surface area contributed by atoms with Crippen molar-refractivity contribution in [1.29, 1.82) is 0 Å². The molecule has 10 heteroatoms. The number of hydrogen-bond donors (Lipinski definition) is 1. The minimum absolute atomic E-state index is 0.0586. The van der Waals surface area contributed by atoms with Crippen LogP contribution in [0.15, 0.2) is 30.3 Å². The number of fused-ring (bicyclic) bond motifs is 2. The Morgan fingerprint density at radius 1 is 0.921 bits per heavy atom. The largest absolute Gasteiger partial charge is 0.468 e. The molecule has 210 valence electrons. The van der Waals surface area contributed by atoms with Crippen LogP contribution in [-0.2, 0) is 39.9 Å². The number of ether oxygens (including phenoxy) is 5. The molecule has 4 heterocycles. The maximum Gasteiger partial charge on any atom is 0.410 e. The van der Waals surface area contributed by atoms with Gasteiger partial charge < -0.3 is 29.0 Å². The summed E-state index contributed by atoms with van der Waals surface area (Å²) in [6.45, 7) is 9.41. The van der Waals surface area contributed by atoms with E-state index in [1.165, 1.54) is 19.1 Å². The van der Waals surface area contributed by atoms with E-state index < -0.39 is 18.1 Å². The SMILES string of the molecule is COC(=O)[C@@H]1C2CC(C)(C)OC2CN1C(=O)OCc1ccccc1.COC(=O)[C@H]1NCC2OC(C)(C)CC21. The highest BCUT2D eigenvalue weighted by Crippen LogP contribution is 2.43. The Labute approximate surface area is 224 Å². The molecule has 0 aromatic heterocycles. The molecule has 0 radical (unpaired) electrons. The van der Waals surface area contributed by atoms with Gasteiger partial charge in [-0.1, -0.05) is 30.3 Å². The first-order valence-electron chi connectivity index (χ1n) is 13.2. The molecular formula is C28H40N2O8. The Bertz CT molecular complexity index is 1010. The highest BCUT2D eigenvalue weighted by Gasteiger charge is 2.56. The number of esters is 2. The van der Waals surface area contributed by atoms with Crippen LogP contribution in [0.25, 0.3) is 0 Å². The Balaban J connectivity index is 0.000000204. The summed E-state index contributed by atoms with van der Waals surface area (Å²) in [6.07, 6.45) is 1.14. The molecule has 4 fully saturated rings. The van der Waals surface area contributed by atoms with E-state index in [0.717, 1.165) is 18.5 Å². The lowest BCUT2D eigenvalue weighted by molar-refractivity contribution is -0.147. The molecule has 1 N–H and O–H groups in total. The van der Waals surface area contributed by atoms with Crippen molar-refractivity contribution >= 4 is 18.0 Å². The second-order valence-electron chi connectivity index (χ2n) is 11.6. The first kappa shape index (κ1) is 28.3. The van der Waals surface area contributed by atoms with Gasteiger partial charge in [0.1, 0.15) is 18.7 Å². The van der Waals surface area contributed by atoms with Gasteiger partial charge in [-0.25, -0.2) is 9.59 Å². The van der Waals surface area contributed by atoms with Crippen molar-refractivity contribution in [3.8, 4) is 0 Å². The quantitative estimate of drug-likeness (QED) is 0.462. The van der Waals surface area contributed by atoms with Gasteiger partial charge in [0.05, 0.1) is 44.2 Å². The zero-order valence-electron chi connectivity index (χ0n) is 23.1. The summed E-state index contributed by atoms with van der Waals surface area (Å²) in [5.41, 5.74) is 0.517. The number of methoxy groups -OCH3 is 2. The van der Waals surface area contributed by atoms with Crippen LogP contribution in [0, 0.1) is 11.8 Å². The molecule has 0 aliphatic carbocycles. The van der Waals surface area contributed by atoms with Gasteiger partial charge in [0.25, 0.3) is 0 Å². The molecule has 1 amide bonds. The third-order valence-corrected chi connectivity index (χ3v) is 7.77. The summed E-state index contributed by atoms with van der Waals surface area (Å²) in [5.74, 6) is -0.367. The number of rotatable bonds is 4. The fourth-order valence-electron chi connectivity index (χ4n) is 6.23. The monoisotopic (exact) mass is 532 g/mol. The maximum absolute atomic E-state index is 12.5. The number of amides is 1. The van der Waals surface area contributed by atoms with Gasteiger partial charge in [-0.2, -0.15) is 0 Å². The van der Waals surface area contributed by atoms with E-state index in [9.17, 15) is 14.4 Å². The number of likely N-dealkylation sites (tertiary alicyclic amines) is 1. The number of carbonyl (C=O) groups is 3. The molecule has 5 rings (SSSR count). The van der Waals surface area contributed by atoms with Gasteiger partial charge in [-0.15, -0.1) is 0 Å². The van der Waals surface area contributed by atoms with Gasteiger partial charge in [-0.3, -0.25) is 9.69 Å². The lowest BCUT2D eigenvalue weighted by Crippen LogP contribution is -2.45. The van der Waals surface area contributed by atoms with Crippen LogP contribution in [0.4, 0.5) is 4.79 Å². The van der Waals surface area contributed by atoms with Gasteiger partial charge >= 0.3 is 18.0 Å². The number of nitrogens with one attached hydrogen (secondary N) is 1. The number of hydrogen-bond acceptors (Lipinski definition) is 9. The molecule has 0 spiro atoms. The normalized spacial score (nSPS) is 32.0. The van der Waals surface area contributed by atoms with Gasteiger partial charge in [0, 0.05) is 18.4 Å². The lowest BCUT2D eigenvalue weighted by Gasteiger charge is -2.27. The summed E-state index contributed by atoms with van der Waals surface area (Å²) < 4.78 is 26.9. The molecule has 1 aromatic rings. The van der Waals surface area contributed by atoms with E-state index in [-0.39, 0.29) is 53.9 Å². The second-order valence-corrected chi connectivity index (χ2v) is 11.6. The van der Waals surface area contributed by atoms with Crippen LogP contribution in [-0.4, -0.2) is 85.7 Å². The van der Waals surface area contributed by atoms with E-state index in [1.807, 2.05) is 44.2 Å². The summed E-state index contributed by atoms with van der Waals surface area (Å²) in [6, 6.07) is 8.62. The van der Waals surface area contributed by atoms with E-state index in [0.29, 0.717) is 13.0 Å². The van der Waals surface area contributed by atoms with Crippen molar-refractivity contribution < 1.29 is 38.1 Å². The zero-order chi connectivity index (χ0) is 27.7. The van der Waals surface area contributed by atoms with Gasteiger partial charge in [-0.05, 0) is 46.1 Å². The average Bonchev–Trinajstić information content (AvgIpc) is 3.58. The summed E-state index contributed by atoms with van der Waals surface area (Å²) in [5, 5.41) is 3.15. The highest BCUT2D eigenvalue weighted by atomic mass is 16.6. The second kappa shape index (κ2) is 11.2. The van der Waals surface area contributed by atoms with Crippen LogP contribution in [0.1, 0.15) is 46.1 Å². The Morgan fingerprint density at radius 3 is 2.16 bits per heavy atom. The van der Waals surface area contributed by atoms with Crippen molar-refractivity contribution in [2.45, 2.75) is 82.6 Å². The Hall–Kier alpha value is -2.69. The zero-order valence-corrected chi connectivity index (χ0v) is 23.1. The standard InChI is InChI=1S/C18H23NO5.C10H17NO3/c1-18(2)9-13-14(24-18)10-19(15(13)16(20)22-3)17(21)23-11-12-7-5-4-6-8-12;1-10(2)4-6-7(14-10)5-11-8(6)9(12)13-3/h4-8,13-15H,9-11H2,1-3H3;6-8,11H,4-5H2,1-3H3/t13?,14?,15-;6?,7?,8-/m00/s1. The molecule has 0 bridgehead atoms. The molecule has 10 nitrogen and oxygen atoms in total. The number of carbonyl (C=O) groups excluding carboxylic acids is 3. The van der Waals surface area contributed by atoms with Crippen molar-refractivity contribution in [3.63, 3.8) is 0 Å². The van der Waals surface area contributed by atoms with Crippen LogP contribution in [0.3, 0.4) is 0 Å². The topological polar surface area (TPSA) is 113 Å². The van der Waals surface area contributed by atoms with Gasteiger partial charge in [0.15, 0.2) is 0 Å². The van der Waals surface area contributed by atoms with E-state index in [4.69, 9.17) is 23.7 Å². The molecular weight excluding hydrogens is 492 g/mol.